The van der Waals surface area contributed by atoms with Gasteiger partial charge in [-0.3, -0.25) is 0 Å². The minimum atomic E-state index is -0.207. The third-order valence-electron chi connectivity index (χ3n) is 1.63. The molecule has 0 aromatic heterocycles. The van der Waals surface area contributed by atoms with Crippen molar-refractivity contribution in [3.05, 3.63) is 30.4 Å². The van der Waals surface area contributed by atoms with Crippen molar-refractivity contribution < 1.29 is 9.53 Å². The SMILES string of the molecule is CC[CH]OC(=O)C1=CC=CCC1. The molecule has 12 heavy (non-hydrogen) atoms. The highest BCUT2D eigenvalue weighted by atomic mass is 16.5. The Hall–Kier alpha value is -1.05. The van der Waals surface area contributed by atoms with E-state index in [0.29, 0.717) is 0 Å². The van der Waals surface area contributed by atoms with Crippen molar-refractivity contribution in [1.82, 2.24) is 0 Å². The second-order valence-corrected chi connectivity index (χ2v) is 2.64. The molecule has 0 bridgehead atoms. The van der Waals surface area contributed by atoms with E-state index in [1.54, 1.807) is 0 Å². The van der Waals surface area contributed by atoms with Crippen molar-refractivity contribution in [3.8, 4) is 0 Å². The standard InChI is InChI=1S/C10H13O2/c1-2-8-12-10(11)9-6-4-3-5-7-9/h3-4,6,8H,2,5,7H2,1H3. The molecule has 0 spiro atoms. The number of hydrogen-bond acceptors (Lipinski definition) is 2. The zero-order valence-corrected chi connectivity index (χ0v) is 7.25. The minimum Gasteiger partial charge on any atom is -0.455 e. The fourth-order valence-corrected chi connectivity index (χ4v) is 1.01. The van der Waals surface area contributed by atoms with Crippen LogP contribution in [0.1, 0.15) is 26.2 Å². The predicted molar refractivity (Wildman–Crippen MR) is 47.1 cm³/mol. The van der Waals surface area contributed by atoms with E-state index < -0.39 is 0 Å². The van der Waals surface area contributed by atoms with Crippen LogP contribution in [-0.4, -0.2) is 5.97 Å². The van der Waals surface area contributed by atoms with Crippen LogP contribution in [-0.2, 0) is 9.53 Å². The van der Waals surface area contributed by atoms with Gasteiger partial charge in [0.25, 0.3) is 0 Å². The highest BCUT2D eigenvalue weighted by Gasteiger charge is 2.10. The molecule has 1 radical (unpaired) electrons. The molecular formula is C10H13O2. The summed E-state index contributed by atoms with van der Waals surface area (Å²) in [4.78, 5) is 11.2. The molecular weight excluding hydrogens is 152 g/mol. The predicted octanol–water partition coefficient (Wildman–Crippen LogP) is 2.38. The molecule has 0 aromatic rings. The van der Waals surface area contributed by atoms with Crippen molar-refractivity contribution in [2.45, 2.75) is 26.2 Å². The van der Waals surface area contributed by atoms with E-state index in [0.717, 1.165) is 24.8 Å². The Morgan fingerprint density at radius 2 is 2.58 bits per heavy atom. The summed E-state index contributed by atoms with van der Waals surface area (Å²) >= 11 is 0. The van der Waals surface area contributed by atoms with Crippen LogP contribution < -0.4 is 0 Å². The average Bonchev–Trinajstić information content (AvgIpc) is 2.15. The van der Waals surface area contributed by atoms with E-state index in [-0.39, 0.29) is 5.97 Å². The highest BCUT2D eigenvalue weighted by Crippen LogP contribution is 2.13. The first-order chi connectivity index (χ1) is 5.84. The van der Waals surface area contributed by atoms with Gasteiger partial charge in [0.05, 0.1) is 0 Å². The van der Waals surface area contributed by atoms with E-state index in [1.807, 2.05) is 25.2 Å². The number of ether oxygens (including phenoxy) is 1. The lowest BCUT2D eigenvalue weighted by atomic mass is 10.1. The number of carbonyl (C=O) groups is 1. The number of rotatable bonds is 3. The van der Waals surface area contributed by atoms with Gasteiger partial charge in [0.1, 0.15) is 6.61 Å². The van der Waals surface area contributed by atoms with Crippen LogP contribution in [0.2, 0.25) is 0 Å². The van der Waals surface area contributed by atoms with Gasteiger partial charge in [-0.15, -0.1) is 0 Å². The number of allylic oxidation sites excluding steroid dienone is 3. The lowest BCUT2D eigenvalue weighted by Crippen LogP contribution is -2.06. The van der Waals surface area contributed by atoms with Crippen molar-refractivity contribution in [2.75, 3.05) is 0 Å². The topological polar surface area (TPSA) is 26.3 Å². The van der Waals surface area contributed by atoms with Crippen LogP contribution in [0.3, 0.4) is 0 Å². The number of hydrogen-bond donors (Lipinski definition) is 0. The molecule has 0 saturated carbocycles. The van der Waals surface area contributed by atoms with Gasteiger partial charge in [0.15, 0.2) is 0 Å². The number of carbonyl (C=O) groups excluding carboxylic acids is 1. The highest BCUT2D eigenvalue weighted by molar-refractivity contribution is 5.89. The molecule has 0 unspecified atom stereocenters. The largest absolute Gasteiger partial charge is 0.455 e. The summed E-state index contributed by atoms with van der Waals surface area (Å²) in [5.41, 5.74) is 0.766. The van der Waals surface area contributed by atoms with Gasteiger partial charge >= 0.3 is 5.97 Å². The monoisotopic (exact) mass is 165 g/mol. The van der Waals surface area contributed by atoms with Crippen molar-refractivity contribution in [2.24, 2.45) is 0 Å². The summed E-state index contributed by atoms with van der Waals surface area (Å²) in [7, 11) is 0. The Morgan fingerprint density at radius 1 is 1.75 bits per heavy atom. The van der Waals surface area contributed by atoms with E-state index in [1.165, 1.54) is 6.61 Å². The molecule has 0 atom stereocenters. The molecule has 1 rings (SSSR count). The number of esters is 1. The smallest absolute Gasteiger partial charge is 0.334 e. The van der Waals surface area contributed by atoms with Crippen LogP contribution in [0, 0.1) is 6.61 Å². The summed E-state index contributed by atoms with van der Waals surface area (Å²) in [6.45, 7) is 3.46. The molecule has 0 saturated heterocycles. The quantitative estimate of drug-likeness (QED) is 0.600. The lowest BCUT2D eigenvalue weighted by Gasteiger charge is -2.07. The van der Waals surface area contributed by atoms with Crippen LogP contribution in [0.25, 0.3) is 0 Å². The Morgan fingerprint density at radius 3 is 3.17 bits per heavy atom. The fourth-order valence-electron chi connectivity index (χ4n) is 1.01. The van der Waals surface area contributed by atoms with Gasteiger partial charge in [-0.05, 0) is 19.3 Å². The minimum absolute atomic E-state index is 0.207. The lowest BCUT2D eigenvalue weighted by molar-refractivity contribution is -0.136. The van der Waals surface area contributed by atoms with Crippen LogP contribution in [0.4, 0.5) is 0 Å². The van der Waals surface area contributed by atoms with Gasteiger partial charge in [-0.1, -0.05) is 25.2 Å². The molecule has 2 heteroatoms. The molecule has 0 amide bonds. The zero-order valence-electron chi connectivity index (χ0n) is 7.25. The first-order valence-corrected chi connectivity index (χ1v) is 4.23. The van der Waals surface area contributed by atoms with Crippen LogP contribution in [0.15, 0.2) is 23.8 Å². The van der Waals surface area contributed by atoms with Crippen LogP contribution >= 0.6 is 0 Å². The van der Waals surface area contributed by atoms with Gasteiger partial charge < -0.3 is 4.74 Å². The van der Waals surface area contributed by atoms with E-state index in [9.17, 15) is 4.79 Å². The second-order valence-electron chi connectivity index (χ2n) is 2.64. The van der Waals surface area contributed by atoms with Crippen molar-refractivity contribution >= 4 is 5.97 Å². The molecule has 0 heterocycles. The van der Waals surface area contributed by atoms with Crippen LogP contribution in [0.5, 0.6) is 0 Å². The summed E-state index contributed by atoms with van der Waals surface area (Å²) in [5, 5.41) is 0. The maximum atomic E-state index is 11.2. The first-order valence-electron chi connectivity index (χ1n) is 4.23. The average molecular weight is 165 g/mol. The molecule has 1 aliphatic rings. The maximum absolute atomic E-state index is 11.2. The molecule has 0 aliphatic heterocycles. The maximum Gasteiger partial charge on any atom is 0.334 e. The third kappa shape index (κ3) is 2.53. The normalized spacial score (nSPS) is 15.6. The Balaban J connectivity index is 2.40. The summed E-state index contributed by atoms with van der Waals surface area (Å²) in [6, 6.07) is 0. The fraction of sp³-hybridized carbons (Fsp3) is 0.400. The molecule has 65 valence electrons. The van der Waals surface area contributed by atoms with Gasteiger partial charge in [-0.2, -0.15) is 0 Å². The van der Waals surface area contributed by atoms with Crippen molar-refractivity contribution in [1.29, 1.82) is 0 Å². The molecule has 2 nitrogen and oxygen atoms in total. The molecule has 1 aliphatic carbocycles. The summed E-state index contributed by atoms with van der Waals surface area (Å²) in [6.07, 6.45) is 8.25. The Bertz CT molecular complexity index is 214. The second kappa shape index (κ2) is 4.75. The molecule has 0 fully saturated rings. The van der Waals surface area contributed by atoms with Gasteiger partial charge in [-0.25, -0.2) is 4.79 Å². The van der Waals surface area contributed by atoms with Gasteiger partial charge in [0, 0.05) is 5.57 Å². The van der Waals surface area contributed by atoms with E-state index >= 15 is 0 Å². The summed E-state index contributed by atoms with van der Waals surface area (Å²) in [5.74, 6) is -0.207. The first kappa shape index (κ1) is 9.04. The van der Waals surface area contributed by atoms with E-state index in [2.05, 4.69) is 0 Å². The third-order valence-corrected chi connectivity index (χ3v) is 1.63. The zero-order chi connectivity index (χ0) is 8.81. The Kier molecular flexibility index (Phi) is 3.58. The van der Waals surface area contributed by atoms with E-state index in [4.69, 9.17) is 4.74 Å². The van der Waals surface area contributed by atoms with Gasteiger partial charge in [0.2, 0.25) is 0 Å². The Labute approximate surface area is 72.9 Å². The molecule has 0 aromatic carbocycles. The summed E-state index contributed by atoms with van der Waals surface area (Å²) < 4.78 is 4.86. The molecule has 0 N–H and O–H groups in total. The van der Waals surface area contributed by atoms with Crippen molar-refractivity contribution in [3.63, 3.8) is 0 Å².